The van der Waals surface area contributed by atoms with E-state index in [1.165, 1.54) is 96.3 Å². The number of unbranched alkanes of at least 4 members (excludes halogenated alkanes) is 12. The molecule has 23 heavy (non-hydrogen) atoms. The van der Waals surface area contributed by atoms with Crippen molar-refractivity contribution in [3.63, 3.8) is 0 Å². The van der Waals surface area contributed by atoms with Gasteiger partial charge in [-0.1, -0.05) is 136 Å². The number of hydrogen-bond acceptors (Lipinski definition) is 0. The largest absolute Gasteiger partial charge is 0.0654 e. The van der Waals surface area contributed by atoms with E-state index in [9.17, 15) is 0 Å². The van der Waals surface area contributed by atoms with Gasteiger partial charge in [-0.2, -0.15) is 0 Å². The quantitative estimate of drug-likeness (QED) is 0.249. The fourth-order valence-corrected chi connectivity index (χ4v) is 4.60. The van der Waals surface area contributed by atoms with Gasteiger partial charge < -0.3 is 0 Å². The van der Waals surface area contributed by atoms with Gasteiger partial charge in [0.25, 0.3) is 0 Å². The summed E-state index contributed by atoms with van der Waals surface area (Å²) in [5.74, 6) is 2.21. The van der Waals surface area contributed by atoms with Gasteiger partial charge in [-0.25, -0.2) is 0 Å². The van der Waals surface area contributed by atoms with Gasteiger partial charge >= 0.3 is 0 Å². The maximum Gasteiger partial charge on any atom is -0.0386 e. The Bertz CT molecular complexity index is 208. The molecule has 1 rings (SSSR count). The molecule has 0 aliphatic heterocycles. The van der Waals surface area contributed by atoms with Gasteiger partial charge in [0.05, 0.1) is 0 Å². The molecule has 0 heteroatoms. The molecular weight excluding hydrogens is 276 g/mol. The second-order valence-corrected chi connectivity index (χ2v) is 8.27. The normalized spacial score (nSPS) is 21.1. The fourth-order valence-electron chi connectivity index (χ4n) is 4.60. The van der Waals surface area contributed by atoms with E-state index in [4.69, 9.17) is 0 Å². The maximum absolute atomic E-state index is 2.31. The van der Waals surface area contributed by atoms with E-state index >= 15 is 0 Å². The molecule has 0 spiro atoms. The van der Waals surface area contributed by atoms with Gasteiger partial charge in [0.15, 0.2) is 0 Å². The predicted molar refractivity (Wildman–Crippen MR) is 106 cm³/mol. The smallest absolute Gasteiger partial charge is 0.0386 e. The summed E-state index contributed by atoms with van der Waals surface area (Å²) in [7, 11) is 0. The average molecular weight is 323 g/mol. The Kier molecular flexibility index (Phi) is 14.2. The van der Waals surface area contributed by atoms with Gasteiger partial charge in [0.2, 0.25) is 0 Å². The van der Waals surface area contributed by atoms with Crippen LogP contribution in [-0.2, 0) is 0 Å². The Labute approximate surface area is 148 Å². The lowest BCUT2D eigenvalue weighted by Crippen LogP contribution is -2.08. The minimum absolute atomic E-state index is 1.10. The predicted octanol–water partition coefficient (Wildman–Crippen LogP) is 8.68. The molecule has 0 aromatic heterocycles. The average Bonchev–Trinajstić information content (AvgIpc) is 3.00. The van der Waals surface area contributed by atoms with Crippen LogP contribution in [-0.4, -0.2) is 0 Å². The van der Waals surface area contributed by atoms with Crippen LogP contribution in [0.3, 0.4) is 0 Å². The summed E-state index contributed by atoms with van der Waals surface area (Å²) in [6.45, 7) is 4.62. The zero-order valence-electron chi connectivity index (χ0n) is 16.6. The van der Waals surface area contributed by atoms with Crippen molar-refractivity contribution in [1.29, 1.82) is 0 Å². The molecule has 0 nitrogen and oxygen atoms in total. The first-order chi connectivity index (χ1) is 11.4. The monoisotopic (exact) mass is 322 g/mol. The van der Waals surface area contributed by atoms with E-state index in [0.29, 0.717) is 0 Å². The second kappa shape index (κ2) is 15.5. The van der Waals surface area contributed by atoms with E-state index in [0.717, 1.165) is 11.8 Å². The van der Waals surface area contributed by atoms with Crippen LogP contribution in [0.5, 0.6) is 0 Å². The molecule has 0 saturated heterocycles. The first-order valence-electron chi connectivity index (χ1n) is 11.4. The van der Waals surface area contributed by atoms with Gasteiger partial charge in [-0.05, 0) is 11.8 Å². The molecule has 1 saturated carbocycles. The zero-order valence-corrected chi connectivity index (χ0v) is 16.6. The molecule has 2 atom stereocenters. The second-order valence-electron chi connectivity index (χ2n) is 8.27. The van der Waals surface area contributed by atoms with E-state index < -0.39 is 0 Å². The molecule has 1 aliphatic carbocycles. The molecule has 2 unspecified atom stereocenters. The Morgan fingerprint density at radius 1 is 0.478 bits per heavy atom. The third-order valence-corrected chi connectivity index (χ3v) is 6.17. The summed E-state index contributed by atoms with van der Waals surface area (Å²) >= 11 is 0. The molecule has 0 aromatic rings. The molecule has 138 valence electrons. The van der Waals surface area contributed by atoms with Crippen LogP contribution < -0.4 is 0 Å². The van der Waals surface area contributed by atoms with Crippen molar-refractivity contribution in [3.05, 3.63) is 0 Å². The summed E-state index contributed by atoms with van der Waals surface area (Å²) in [5.41, 5.74) is 0. The van der Waals surface area contributed by atoms with Gasteiger partial charge in [-0.3, -0.25) is 0 Å². The topological polar surface area (TPSA) is 0 Å². The van der Waals surface area contributed by atoms with Crippen molar-refractivity contribution in [2.75, 3.05) is 0 Å². The number of hydrogen-bond donors (Lipinski definition) is 0. The van der Waals surface area contributed by atoms with Crippen molar-refractivity contribution < 1.29 is 0 Å². The third-order valence-electron chi connectivity index (χ3n) is 6.17. The van der Waals surface area contributed by atoms with Crippen molar-refractivity contribution in [2.24, 2.45) is 11.8 Å². The highest BCUT2D eigenvalue weighted by atomic mass is 14.3. The Morgan fingerprint density at radius 2 is 0.826 bits per heavy atom. The third kappa shape index (κ3) is 11.2. The molecule has 0 heterocycles. The molecule has 1 aliphatic rings. The lowest BCUT2D eigenvalue weighted by atomic mass is 9.86. The Hall–Kier alpha value is 0. The molecule has 0 N–H and O–H groups in total. The molecular formula is C23H46. The Morgan fingerprint density at radius 3 is 1.22 bits per heavy atom. The van der Waals surface area contributed by atoms with Crippen LogP contribution in [0.4, 0.5) is 0 Å². The highest BCUT2D eigenvalue weighted by Gasteiger charge is 2.25. The van der Waals surface area contributed by atoms with Crippen LogP contribution in [0.2, 0.25) is 0 Å². The first kappa shape index (κ1) is 21.0. The molecule has 0 radical (unpaired) electrons. The highest BCUT2D eigenvalue weighted by molar-refractivity contribution is 4.77. The van der Waals surface area contributed by atoms with Crippen LogP contribution in [0, 0.1) is 11.8 Å². The van der Waals surface area contributed by atoms with Crippen molar-refractivity contribution in [2.45, 2.75) is 136 Å². The minimum Gasteiger partial charge on any atom is -0.0654 e. The summed E-state index contributed by atoms with van der Waals surface area (Å²) < 4.78 is 0. The summed E-state index contributed by atoms with van der Waals surface area (Å²) in [5, 5.41) is 0. The summed E-state index contributed by atoms with van der Waals surface area (Å²) in [6.07, 6.45) is 28.3. The molecule has 1 fully saturated rings. The van der Waals surface area contributed by atoms with Crippen molar-refractivity contribution in [3.8, 4) is 0 Å². The van der Waals surface area contributed by atoms with Crippen LogP contribution >= 0.6 is 0 Å². The lowest BCUT2D eigenvalue weighted by molar-refractivity contribution is 0.322. The fraction of sp³-hybridized carbons (Fsp3) is 1.00. The Balaban J connectivity index is 1.94. The molecule has 0 bridgehead atoms. The first-order valence-corrected chi connectivity index (χ1v) is 11.4. The SMILES string of the molecule is CCCCCCCCCC1CCCC1CCCCCCCCC. The van der Waals surface area contributed by atoms with E-state index in [-0.39, 0.29) is 0 Å². The van der Waals surface area contributed by atoms with Gasteiger partial charge in [0, 0.05) is 0 Å². The number of rotatable bonds is 16. The summed E-state index contributed by atoms with van der Waals surface area (Å²) in [6, 6.07) is 0. The van der Waals surface area contributed by atoms with Crippen LogP contribution in [0.25, 0.3) is 0 Å². The molecule has 0 amide bonds. The van der Waals surface area contributed by atoms with E-state index in [1.807, 2.05) is 0 Å². The van der Waals surface area contributed by atoms with Crippen LogP contribution in [0.1, 0.15) is 136 Å². The summed E-state index contributed by atoms with van der Waals surface area (Å²) in [4.78, 5) is 0. The molecule has 0 aromatic carbocycles. The van der Waals surface area contributed by atoms with Gasteiger partial charge in [0.1, 0.15) is 0 Å². The van der Waals surface area contributed by atoms with E-state index in [2.05, 4.69) is 13.8 Å². The van der Waals surface area contributed by atoms with E-state index in [1.54, 1.807) is 25.7 Å². The van der Waals surface area contributed by atoms with Crippen molar-refractivity contribution in [1.82, 2.24) is 0 Å². The van der Waals surface area contributed by atoms with Gasteiger partial charge in [-0.15, -0.1) is 0 Å². The minimum atomic E-state index is 1.10. The van der Waals surface area contributed by atoms with Crippen LogP contribution in [0.15, 0.2) is 0 Å². The lowest BCUT2D eigenvalue weighted by Gasteiger charge is -2.19. The highest BCUT2D eigenvalue weighted by Crippen LogP contribution is 2.38. The maximum atomic E-state index is 2.31. The standard InChI is InChI=1S/C23H46/c1-3-5-7-9-11-13-15-18-22-20-17-21-23(22)19-16-14-12-10-8-6-4-2/h22-23H,3-21H2,1-2H3. The van der Waals surface area contributed by atoms with Crippen molar-refractivity contribution >= 4 is 0 Å². The zero-order chi connectivity index (χ0) is 16.6.